The van der Waals surface area contributed by atoms with Crippen LogP contribution in [0.15, 0.2) is 48.5 Å². The molecule has 2 aromatic heterocycles. The summed E-state index contributed by atoms with van der Waals surface area (Å²) in [6, 6.07) is 15.6. The largest absolute Gasteiger partial charge is 0.321 e. The first-order chi connectivity index (χ1) is 12.0. The Morgan fingerprint density at radius 3 is 2.68 bits per heavy atom. The van der Waals surface area contributed by atoms with E-state index in [4.69, 9.17) is 11.6 Å². The molecule has 2 aromatic carbocycles. The summed E-state index contributed by atoms with van der Waals surface area (Å²) >= 11 is 7.79. The minimum atomic E-state index is -0.132. The van der Waals surface area contributed by atoms with Crippen LogP contribution in [0.3, 0.4) is 0 Å². The first-order valence-corrected chi connectivity index (χ1v) is 9.09. The Balaban J connectivity index is 1.82. The van der Waals surface area contributed by atoms with E-state index in [-0.39, 0.29) is 5.91 Å². The third-order valence-corrected chi connectivity index (χ3v) is 5.64. The Labute approximate surface area is 154 Å². The SMILES string of the molecule is Cc1ccc2nc(Cl)c3cc(C(=O)Nc4ccccc4C)sc3c2c1. The quantitative estimate of drug-likeness (QED) is 0.444. The second kappa shape index (κ2) is 6.14. The van der Waals surface area contributed by atoms with Crippen LogP contribution in [0, 0.1) is 13.8 Å². The van der Waals surface area contributed by atoms with E-state index < -0.39 is 0 Å². The highest BCUT2D eigenvalue weighted by molar-refractivity contribution is 7.22. The lowest BCUT2D eigenvalue weighted by atomic mass is 10.1. The van der Waals surface area contributed by atoms with E-state index in [1.165, 1.54) is 11.3 Å². The number of hydrogen-bond acceptors (Lipinski definition) is 3. The summed E-state index contributed by atoms with van der Waals surface area (Å²) in [5, 5.41) is 5.25. The Morgan fingerprint density at radius 2 is 1.88 bits per heavy atom. The van der Waals surface area contributed by atoms with Gasteiger partial charge in [-0.2, -0.15) is 0 Å². The Morgan fingerprint density at radius 1 is 1.08 bits per heavy atom. The number of pyridine rings is 1. The summed E-state index contributed by atoms with van der Waals surface area (Å²) < 4.78 is 0.994. The van der Waals surface area contributed by atoms with E-state index in [9.17, 15) is 4.79 Å². The number of aryl methyl sites for hydroxylation is 2. The number of nitrogens with one attached hydrogen (secondary N) is 1. The van der Waals surface area contributed by atoms with Crippen molar-refractivity contribution >= 4 is 55.5 Å². The maximum Gasteiger partial charge on any atom is 0.265 e. The number of nitrogens with zero attached hydrogens (tertiary/aromatic N) is 1. The van der Waals surface area contributed by atoms with Crippen molar-refractivity contribution in [1.82, 2.24) is 4.98 Å². The summed E-state index contributed by atoms with van der Waals surface area (Å²) in [6.45, 7) is 4.01. The van der Waals surface area contributed by atoms with Crippen molar-refractivity contribution < 1.29 is 4.79 Å². The second-order valence-electron chi connectivity index (χ2n) is 6.05. The Bertz CT molecular complexity index is 1130. The topological polar surface area (TPSA) is 42.0 Å². The molecular formula is C20H15ClN2OS. The van der Waals surface area contributed by atoms with Gasteiger partial charge in [-0.05, 0) is 43.7 Å². The van der Waals surface area contributed by atoms with E-state index in [0.717, 1.165) is 37.8 Å². The molecule has 2 heterocycles. The molecule has 1 amide bonds. The van der Waals surface area contributed by atoms with Crippen molar-refractivity contribution in [2.75, 3.05) is 5.32 Å². The summed E-state index contributed by atoms with van der Waals surface area (Å²) in [7, 11) is 0. The molecule has 0 bridgehead atoms. The van der Waals surface area contributed by atoms with Crippen LogP contribution >= 0.6 is 22.9 Å². The molecule has 3 nitrogen and oxygen atoms in total. The van der Waals surface area contributed by atoms with Crippen LogP contribution in [-0.2, 0) is 0 Å². The van der Waals surface area contributed by atoms with Crippen LogP contribution in [0.25, 0.3) is 21.0 Å². The van der Waals surface area contributed by atoms with E-state index >= 15 is 0 Å². The van der Waals surface area contributed by atoms with Crippen LogP contribution in [0.4, 0.5) is 5.69 Å². The molecule has 25 heavy (non-hydrogen) atoms. The number of thiophene rings is 1. The lowest BCUT2D eigenvalue weighted by Crippen LogP contribution is -2.10. The number of anilines is 1. The van der Waals surface area contributed by atoms with Gasteiger partial charge in [0, 0.05) is 21.2 Å². The lowest BCUT2D eigenvalue weighted by Gasteiger charge is -2.06. The van der Waals surface area contributed by atoms with Gasteiger partial charge >= 0.3 is 0 Å². The number of carbonyl (C=O) groups is 1. The second-order valence-corrected chi connectivity index (χ2v) is 7.46. The maximum atomic E-state index is 12.7. The van der Waals surface area contributed by atoms with Gasteiger partial charge in [-0.15, -0.1) is 11.3 Å². The van der Waals surface area contributed by atoms with Gasteiger partial charge in [0.2, 0.25) is 0 Å². The summed E-state index contributed by atoms with van der Waals surface area (Å²) in [4.78, 5) is 17.8. The number of amides is 1. The molecule has 0 aliphatic rings. The average molecular weight is 367 g/mol. The number of aromatic nitrogens is 1. The van der Waals surface area contributed by atoms with E-state index in [1.54, 1.807) is 0 Å². The third kappa shape index (κ3) is 2.88. The van der Waals surface area contributed by atoms with Gasteiger partial charge in [0.15, 0.2) is 0 Å². The van der Waals surface area contributed by atoms with Crippen molar-refractivity contribution in [2.24, 2.45) is 0 Å². The molecule has 0 saturated carbocycles. The first kappa shape index (κ1) is 16.1. The minimum Gasteiger partial charge on any atom is -0.321 e. The van der Waals surface area contributed by atoms with Gasteiger partial charge in [0.25, 0.3) is 5.91 Å². The van der Waals surface area contributed by atoms with Crippen molar-refractivity contribution in [3.8, 4) is 0 Å². The van der Waals surface area contributed by atoms with Gasteiger partial charge in [0.05, 0.1) is 10.4 Å². The number of para-hydroxylation sites is 1. The van der Waals surface area contributed by atoms with Gasteiger partial charge in [-0.3, -0.25) is 4.79 Å². The molecule has 1 N–H and O–H groups in total. The molecule has 0 fully saturated rings. The average Bonchev–Trinajstić information content (AvgIpc) is 3.04. The number of halogens is 1. The van der Waals surface area contributed by atoms with Crippen LogP contribution < -0.4 is 5.32 Å². The number of carbonyl (C=O) groups excluding carboxylic acids is 1. The molecule has 4 rings (SSSR count). The lowest BCUT2D eigenvalue weighted by molar-refractivity contribution is 0.103. The van der Waals surface area contributed by atoms with Crippen molar-refractivity contribution in [3.05, 3.63) is 69.7 Å². The fourth-order valence-corrected chi connectivity index (χ4v) is 4.22. The maximum absolute atomic E-state index is 12.7. The normalized spacial score (nSPS) is 11.2. The highest BCUT2D eigenvalue weighted by Gasteiger charge is 2.16. The fourth-order valence-electron chi connectivity index (χ4n) is 2.85. The van der Waals surface area contributed by atoms with Crippen LogP contribution in [-0.4, -0.2) is 10.9 Å². The summed E-state index contributed by atoms with van der Waals surface area (Å²) in [6.07, 6.45) is 0. The first-order valence-electron chi connectivity index (χ1n) is 7.89. The monoisotopic (exact) mass is 366 g/mol. The van der Waals surface area contributed by atoms with Gasteiger partial charge in [-0.1, -0.05) is 41.4 Å². The van der Waals surface area contributed by atoms with Gasteiger partial charge in [-0.25, -0.2) is 4.98 Å². The fraction of sp³-hybridized carbons (Fsp3) is 0.100. The van der Waals surface area contributed by atoms with E-state index in [0.29, 0.717) is 10.0 Å². The van der Waals surface area contributed by atoms with Crippen LogP contribution in [0.2, 0.25) is 5.15 Å². The zero-order valence-electron chi connectivity index (χ0n) is 13.8. The van der Waals surface area contributed by atoms with Gasteiger partial charge in [0.1, 0.15) is 5.15 Å². The number of fused-ring (bicyclic) bond motifs is 3. The highest BCUT2D eigenvalue weighted by atomic mass is 35.5. The number of rotatable bonds is 2. The Kier molecular flexibility index (Phi) is 3.94. The molecule has 0 spiro atoms. The van der Waals surface area contributed by atoms with Crippen molar-refractivity contribution in [2.45, 2.75) is 13.8 Å². The summed E-state index contributed by atoms with van der Waals surface area (Å²) in [5.74, 6) is -0.132. The molecule has 0 aliphatic heterocycles. The molecule has 0 unspecified atom stereocenters. The summed E-state index contributed by atoms with van der Waals surface area (Å²) in [5.41, 5.74) is 3.83. The predicted octanol–water partition coefficient (Wildman–Crippen LogP) is 5.97. The molecule has 5 heteroatoms. The molecular weight excluding hydrogens is 352 g/mol. The molecule has 0 atom stereocenters. The minimum absolute atomic E-state index is 0.132. The van der Waals surface area contributed by atoms with E-state index in [2.05, 4.69) is 16.4 Å². The number of benzene rings is 2. The highest BCUT2D eigenvalue weighted by Crippen LogP contribution is 2.36. The zero-order valence-corrected chi connectivity index (χ0v) is 15.3. The Hall–Kier alpha value is -2.43. The van der Waals surface area contributed by atoms with Crippen molar-refractivity contribution in [1.29, 1.82) is 0 Å². The molecule has 124 valence electrons. The molecule has 0 radical (unpaired) electrons. The molecule has 0 aliphatic carbocycles. The van der Waals surface area contributed by atoms with Crippen LogP contribution in [0.5, 0.6) is 0 Å². The zero-order chi connectivity index (χ0) is 17.6. The third-order valence-electron chi connectivity index (χ3n) is 4.19. The predicted molar refractivity (Wildman–Crippen MR) is 106 cm³/mol. The molecule has 0 saturated heterocycles. The number of hydrogen-bond donors (Lipinski definition) is 1. The molecule has 4 aromatic rings. The van der Waals surface area contributed by atoms with Gasteiger partial charge < -0.3 is 5.32 Å². The van der Waals surface area contributed by atoms with Crippen molar-refractivity contribution in [3.63, 3.8) is 0 Å². The van der Waals surface area contributed by atoms with E-state index in [1.807, 2.05) is 56.3 Å². The standard InChI is InChI=1S/C20H15ClN2OS/c1-11-7-8-16-13(9-11)18-14(19(21)22-16)10-17(25-18)20(24)23-15-6-4-3-5-12(15)2/h3-10H,1-2H3,(H,23,24). The smallest absolute Gasteiger partial charge is 0.265 e. The van der Waals surface area contributed by atoms with Crippen LogP contribution in [0.1, 0.15) is 20.8 Å².